The standard InChI is InChI=1S/C17H22N2O4/c1-17(2)8-13(9-19-16(17)22)15(21)23-10-11-5-4-6-12(7-11)14(20)18-3/h4-7,13H,8-10H2,1-3H3,(H,18,20)(H,19,22). The number of benzene rings is 1. The van der Waals surface area contributed by atoms with Gasteiger partial charge in [-0.3, -0.25) is 14.4 Å². The highest BCUT2D eigenvalue weighted by molar-refractivity contribution is 5.94. The number of hydrogen-bond donors (Lipinski definition) is 2. The van der Waals surface area contributed by atoms with Crippen molar-refractivity contribution >= 4 is 17.8 Å². The van der Waals surface area contributed by atoms with Crippen molar-refractivity contribution in [1.29, 1.82) is 0 Å². The van der Waals surface area contributed by atoms with Gasteiger partial charge in [-0.25, -0.2) is 0 Å². The summed E-state index contributed by atoms with van der Waals surface area (Å²) in [6, 6.07) is 6.94. The molecule has 1 heterocycles. The third-order valence-electron chi connectivity index (χ3n) is 4.01. The summed E-state index contributed by atoms with van der Waals surface area (Å²) in [4.78, 5) is 35.5. The molecule has 1 saturated heterocycles. The Balaban J connectivity index is 1.94. The van der Waals surface area contributed by atoms with Crippen LogP contribution >= 0.6 is 0 Å². The Morgan fingerprint density at radius 1 is 1.39 bits per heavy atom. The van der Waals surface area contributed by atoms with E-state index in [1.54, 1.807) is 31.3 Å². The van der Waals surface area contributed by atoms with Gasteiger partial charge in [-0.15, -0.1) is 0 Å². The number of piperidine rings is 1. The largest absolute Gasteiger partial charge is 0.461 e. The first-order valence-corrected chi connectivity index (χ1v) is 7.59. The molecule has 1 fully saturated rings. The number of carbonyl (C=O) groups is 3. The zero-order valence-corrected chi connectivity index (χ0v) is 13.6. The lowest BCUT2D eigenvalue weighted by Crippen LogP contribution is -2.49. The Morgan fingerprint density at radius 2 is 2.13 bits per heavy atom. The molecule has 1 atom stereocenters. The topological polar surface area (TPSA) is 84.5 Å². The Kier molecular flexibility index (Phi) is 5.03. The fourth-order valence-electron chi connectivity index (χ4n) is 2.62. The lowest BCUT2D eigenvalue weighted by molar-refractivity contribution is -0.153. The molecular formula is C17H22N2O4. The highest BCUT2D eigenvalue weighted by Gasteiger charge is 2.38. The fraction of sp³-hybridized carbons (Fsp3) is 0.471. The Labute approximate surface area is 135 Å². The third kappa shape index (κ3) is 4.09. The van der Waals surface area contributed by atoms with Gasteiger partial charge in [0.15, 0.2) is 0 Å². The number of rotatable bonds is 4. The first kappa shape index (κ1) is 17.0. The Morgan fingerprint density at radius 3 is 2.78 bits per heavy atom. The predicted octanol–water partition coefficient (Wildman–Crippen LogP) is 1.25. The van der Waals surface area contributed by atoms with Gasteiger partial charge in [-0.1, -0.05) is 26.0 Å². The van der Waals surface area contributed by atoms with Crippen molar-refractivity contribution in [3.63, 3.8) is 0 Å². The van der Waals surface area contributed by atoms with Crippen LogP contribution in [0.15, 0.2) is 24.3 Å². The minimum Gasteiger partial charge on any atom is -0.461 e. The number of ether oxygens (including phenoxy) is 1. The van der Waals surface area contributed by atoms with Crippen LogP contribution in [0.1, 0.15) is 36.2 Å². The zero-order chi connectivity index (χ0) is 17.0. The van der Waals surface area contributed by atoms with Gasteiger partial charge >= 0.3 is 5.97 Å². The smallest absolute Gasteiger partial charge is 0.311 e. The minimum atomic E-state index is -0.568. The monoisotopic (exact) mass is 318 g/mol. The van der Waals surface area contributed by atoms with Crippen LogP contribution in [0, 0.1) is 11.3 Å². The van der Waals surface area contributed by atoms with E-state index in [1.807, 2.05) is 13.8 Å². The number of esters is 1. The molecular weight excluding hydrogens is 296 g/mol. The third-order valence-corrected chi connectivity index (χ3v) is 4.01. The number of hydrogen-bond acceptors (Lipinski definition) is 4. The minimum absolute atomic E-state index is 0.0418. The van der Waals surface area contributed by atoms with Crippen molar-refractivity contribution in [1.82, 2.24) is 10.6 Å². The molecule has 6 nitrogen and oxygen atoms in total. The highest BCUT2D eigenvalue weighted by atomic mass is 16.5. The van der Waals surface area contributed by atoms with Gasteiger partial charge in [0.25, 0.3) is 5.91 Å². The second-order valence-electron chi connectivity index (χ2n) is 6.38. The Hall–Kier alpha value is -2.37. The average molecular weight is 318 g/mol. The van der Waals surface area contributed by atoms with E-state index in [9.17, 15) is 14.4 Å². The molecule has 124 valence electrons. The number of carbonyl (C=O) groups excluding carboxylic acids is 3. The van der Waals surface area contributed by atoms with Crippen LogP contribution in [0.3, 0.4) is 0 Å². The molecule has 2 rings (SSSR count). The second-order valence-corrected chi connectivity index (χ2v) is 6.38. The van der Waals surface area contributed by atoms with Crippen LogP contribution in [0.5, 0.6) is 0 Å². The van der Waals surface area contributed by atoms with Crippen LogP contribution < -0.4 is 10.6 Å². The molecule has 0 spiro atoms. The van der Waals surface area contributed by atoms with Gasteiger partial charge < -0.3 is 15.4 Å². The van der Waals surface area contributed by atoms with Crippen molar-refractivity contribution in [2.24, 2.45) is 11.3 Å². The normalized spacial score (nSPS) is 19.6. The molecule has 1 aromatic carbocycles. The molecule has 1 unspecified atom stereocenters. The molecule has 2 N–H and O–H groups in total. The highest BCUT2D eigenvalue weighted by Crippen LogP contribution is 2.29. The van der Waals surface area contributed by atoms with Crippen LogP contribution in [-0.4, -0.2) is 31.4 Å². The van der Waals surface area contributed by atoms with Gasteiger partial charge in [0.2, 0.25) is 5.91 Å². The maximum Gasteiger partial charge on any atom is 0.311 e. The predicted molar refractivity (Wildman–Crippen MR) is 84.5 cm³/mol. The van der Waals surface area contributed by atoms with E-state index in [0.29, 0.717) is 18.5 Å². The van der Waals surface area contributed by atoms with E-state index < -0.39 is 5.41 Å². The lowest BCUT2D eigenvalue weighted by Gasteiger charge is -2.33. The molecule has 2 amide bonds. The molecule has 0 aliphatic carbocycles. The first-order valence-electron chi connectivity index (χ1n) is 7.59. The van der Waals surface area contributed by atoms with Crippen LogP contribution in [0.4, 0.5) is 0 Å². The summed E-state index contributed by atoms with van der Waals surface area (Å²) in [6.07, 6.45) is 0.468. The molecule has 0 aromatic heterocycles. The van der Waals surface area contributed by atoms with Gasteiger partial charge in [0, 0.05) is 24.6 Å². The van der Waals surface area contributed by atoms with Crippen LogP contribution in [0.25, 0.3) is 0 Å². The lowest BCUT2D eigenvalue weighted by atomic mass is 9.79. The summed E-state index contributed by atoms with van der Waals surface area (Å²) in [6.45, 7) is 4.04. The van der Waals surface area contributed by atoms with E-state index in [4.69, 9.17) is 4.74 Å². The summed E-state index contributed by atoms with van der Waals surface area (Å²) in [5, 5.41) is 5.29. The summed E-state index contributed by atoms with van der Waals surface area (Å²) in [5.74, 6) is -0.900. The number of amides is 2. The second kappa shape index (κ2) is 6.81. The molecule has 1 aliphatic rings. The van der Waals surface area contributed by atoms with E-state index >= 15 is 0 Å². The van der Waals surface area contributed by atoms with E-state index in [1.165, 1.54) is 0 Å². The summed E-state index contributed by atoms with van der Waals surface area (Å²) < 4.78 is 5.34. The SMILES string of the molecule is CNC(=O)c1cccc(COC(=O)C2CNC(=O)C(C)(C)C2)c1. The number of nitrogens with one attached hydrogen (secondary N) is 2. The van der Waals surface area contributed by atoms with E-state index in [2.05, 4.69) is 10.6 Å². The van der Waals surface area contributed by atoms with Crippen molar-refractivity contribution in [3.05, 3.63) is 35.4 Å². The molecule has 6 heteroatoms. The van der Waals surface area contributed by atoms with Crippen molar-refractivity contribution < 1.29 is 19.1 Å². The molecule has 0 radical (unpaired) electrons. The Bertz CT molecular complexity index is 625. The van der Waals surface area contributed by atoms with Crippen molar-refractivity contribution in [2.75, 3.05) is 13.6 Å². The van der Waals surface area contributed by atoms with E-state index in [0.717, 1.165) is 5.56 Å². The van der Waals surface area contributed by atoms with Gasteiger partial charge in [-0.2, -0.15) is 0 Å². The van der Waals surface area contributed by atoms with E-state index in [-0.39, 0.29) is 30.3 Å². The summed E-state index contributed by atoms with van der Waals surface area (Å²) in [7, 11) is 1.56. The van der Waals surface area contributed by atoms with Crippen LogP contribution in [-0.2, 0) is 20.9 Å². The molecule has 0 bridgehead atoms. The maximum atomic E-state index is 12.2. The zero-order valence-electron chi connectivity index (χ0n) is 13.6. The maximum absolute atomic E-state index is 12.2. The summed E-state index contributed by atoms with van der Waals surface area (Å²) >= 11 is 0. The van der Waals surface area contributed by atoms with Crippen molar-refractivity contribution in [2.45, 2.75) is 26.9 Å². The quantitative estimate of drug-likeness (QED) is 0.818. The van der Waals surface area contributed by atoms with Crippen molar-refractivity contribution in [3.8, 4) is 0 Å². The van der Waals surface area contributed by atoms with Gasteiger partial charge in [-0.05, 0) is 24.1 Å². The fourth-order valence-corrected chi connectivity index (χ4v) is 2.62. The van der Waals surface area contributed by atoms with Gasteiger partial charge in [0.1, 0.15) is 6.61 Å². The molecule has 23 heavy (non-hydrogen) atoms. The average Bonchev–Trinajstić information content (AvgIpc) is 2.54. The molecule has 1 aromatic rings. The first-order chi connectivity index (χ1) is 10.8. The molecule has 1 aliphatic heterocycles. The molecule has 0 saturated carbocycles. The summed E-state index contributed by atoms with van der Waals surface area (Å²) in [5.41, 5.74) is 0.701. The van der Waals surface area contributed by atoms with Crippen LogP contribution in [0.2, 0.25) is 0 Å². The van der Waals surface area contributed by atoms with Gasteiger partial charge in [0.05, 0.1) is 5.92 Å².